The van der Waals surface area contributed by atoms with Crippen molar-refractivity contribution in [3.63, 3.8) is 0 Å². The highest BCUT2D eigenvalue weighted by molar-refractivity contribution is 5.50. The van der Waals surface area contributed by atoms with Crippen molar-refractivity contribution in [1.29, 1.82) is 0 Å². The molecule has 1 aromatic carbocycles. The zero-order valence-corrected chi connectivity index (χ0v) is 10.2. The van der Waals surface area contributed by atoms with Gasteiger partial charge >= 0.3 is 0 Å². The molecule has 3 rings (SSSR count). The van der Waals surface area contributed by atoms with Crippen LogP contribution in [0.1, 0.15) is 24.4 Å². The third-order valence-electron chi connectivity index (χ3n) is 3.41. The van der Waals surface area contributed by atoms with E-state index < -0.39 is 0 Å². The number of rotatable bonds is 2. The molecule has 0 fully saturated rings. The summed E-state index contributed by atoms with van der Waals surface area (Å²) < 4.78 is 1.83. The molecule has 0 saturated heterocycles. The van der Waals surface area contributed by atoms with Crippen LogP contribution in [0.25, 0.3) is 5.69 Å². The van der Waals surface area contributed by atoms with Gasteiger partial charge in [-0.3, -0.25) is 4.79 Å². The molecule has 0 bridgehead atoms. The molecular weight excluding hydrogens is 228 g/mol. The van der Waals surface area contributed by atoms with Gasteiger partial charge in [0.15, 0.2) is 0 Å². The Balaban J connectivity index is 2.10. The van der Waals surface area contributed by atoms with Crippen LogP contribution < -0.4 is 0 Å². The zero-order valence-electron chi connectivity index (χ0n) is 10.2. The summed E-state index contributed by atoms with van der Waals surface area (Å²) in [6, 6.07) is 9.89. The van der Waals surface area contributed by atoms with Gasteiger partial charge < -0.3 is 4.90 Å². The van der Waals surface area contributed by atoms with Crippen LogP contribution in [0.3, 0.4) is 0 Å². The number of hydrogen-bond donors (Lipinski definition) is 0. The van der Waals surface area contributed by atoms with Gasteiger partial charge in [0, 0.05) is 13.0 Å². The van der Waals surface area contributed by atoms with Gasteiger partial charge in [0.1, 0.15) is 0 Å². The van der Waals surface area contributed by atoms with Crippen LogP contribution in [0.5, 0.6) is 0 Å². The highest BCUT2D eigenvalue weighted by Crippen LogP contribution is 2.28. The van der Waals surface area contributed by atoms with Gasteiger partial charge in [-0.2, -0.15) is 0 Å². The van der Waals surface area contributed by atoms with E-state index in [-0.39, 0.29) is 6.04 Å². The molecule has 1 atom stereocenters. The lowest BCUT2D eigenvalue weighted by Crippen LogP contribution is -2.33. The van der Waals surface area contributed by atoms with Crippen LogP contribution in [-0.2, 0) is 11.2 Å². The smallest absolute Gasteiger partial charge is 0.210 e. The maximum absolute atomic E-state index is 11.0. The third-order valence-corrected chi connectivity index (χ3v) is 3.41. The molecule has 92 valence electrons. The van der Waals surface area contributed by atoms with Crippen molar-refractivity contribution in [2.75, 3.05) is 6.54 Å². The molecule has 0 spiro atoms. The van der Waals surface area contributed by atoms with Crippen molar-refractivity contribution >= 4 is 6.41 Å². The second-order valence-electron chi connectivity index (χ2n) is 4.44. The van der Waals surface area contributed by atoms with Gasteiger partial charge in [0.05, 0.1) is 23.1 Å². The fourth-order valence-corrected chi connectivity index (χ4v) is 2.41. The van der Waals surface area contributed by atoms with Crippen LogP contribution in [0, 0.1) is 0 Å². The van der Waals surface area contributed by atoms with Crippen molar-refractivity contribution in [2.45, 2.75) is 19.4 Å². The predicted molar refractivity (Wildman–Crippen MR) is 66.2 cm³/mol. The molecular formula is C13H14N4O. The lowest BCUT2D eigenvalue weighted by Gasteiger charge is -2.29. The second kappa shape index (κ2) is 4.25. The molecule has 0 N–H and O–H groups in total. The first kappa shape index (κ1) is 11.0. The van der Waals surface area contributed by atoms with E-state index in [1.54, 1.807) is 4.90 Å². The summed E-state index contributed by atoms with van der Waals surface area (Å²) in [5, 5.41) is 8.43. The van der Waals surface area contributed by atoms with E-state index >= 15 is 0 Å². The maximum Gasteiger partial charge on any atom is 0.210 e. The number of fused-ring (bicyclic) bond motifs is 1. The molecule has 0 radical (unpaired) electrons. The molecule has 1 aliphatic rings. The summed E-state index contributed by atoms with van der Waals surface area (Å²) in [6.07, 6.45) is 1.67. The first-order chi connectivity index (χ1) is 8.81. The van der Waals surface area contributed by atoms with Crippen LogP contribution in [0.2, 0.25) is 0 Å². The van der Waals surface area contributed by atoms with Gasteiger partial charge in [0.25, 0.3) is 0 Å². The first-order valence-electron chi connectivity index (χ1n) is 6.02. The van der Waals surface area contributed by atoms with Gasteiger partial charge in [-0.05, 0) is 19.1 Å². The number of aromatic nitrogens is 3. The van der Waals surface area contributed by atoms with Crippen molar-refractivity contribution in [1.82, 2.24) is 19.9 Å². The summed E-state index contributed by atoms with van der Waals surface area (Å²) >= 11 is 0. The summed E-state index contributed by atoms with van der Waals surface area (Å²) in [5.74, 6) is 0. The average Bonchev–Trinajstić information content (AvgIpc) is 2.85. The Morgan fingerprint density at radius 1 is 1.33 bits per heavy atom. The van der Waals surface area contributed by atoms with E-state index in [0.29, 0.717) is 6.54 Å². The quantitative estimate of drug-likeness (QED) is 0.747. The minimum absolute atomic E-state index is 0.0152. The molecule has 1 aromatic heterocycles. The minimum Gasteiger partial charge on any atom is -0.336 e. The second-order valence-corrected chi connectivity index (χ2v) is 4.44. The van der Waals surface area contributed by atoms with Crippen LogP contribution >= 0.6 is 0 Å². The third kappa shape index (κ3) is 1.59. The Morgan fingerprint density at radius 3 is 2.83 bits per heavy atom. The van der Waals surface area contributed by atoms with Crippen molar-refractivity contribution in [3.8, 4) is 5.69 Å². The molecule has 0 saturated carbocycles. The fourth-order valence-electron chi connectivity index (χ4n) is 2.41. The number of benzene rings is 1. The van der Waals surface area contributed by atoms with E-state index in [2.05, 4.69) is 10.3 Å². The number of amides is 1. The van der Waals surface area contributed by atoms with Crippen LogP contribution in [0.4, 0.5) is 0 Å². The van der Waals surface area contributed by atoms with Gasteiger partial charge in [-0.15, -0.1) is 5.10 Å². The van der Waals surface area contributed by atoms with Gasteiger partial charge in [-0.25, -0.2) is 4.68 Å². The Bertz CT molecular complexity index is 564. The molecule has 2 aromatic rings. The SMILES string of the molecule is CC1c2c(nnn2-c2ccccc2)CCN1C=O. The Morgan fingerprint density at radius 2 is 2.11 bits per heavy atom. The predicted octanol–water partition coefficient (Wildman–Crippen LogP) is 1.34. The summed E-state index contributed by atoms with van der Waals surface area (Å²) in [4.78, 5) is 12.8. The normalized spacial score (nSPS) is 18.5. The standard InChI is InChI=1S/C13H14N4O/c1-10-13-12(7-8-16(10)9-18)14-15-17(13)11-5-3-2-4-6-11/h2-6,9-10H,7-8H2,1H3. The van der Waals surface area contributed by atoms with E-state index in [9.17, 15) is 4.79 Å². The maximum atomic E-state index is 11.0. The highest BCUT2D eigenvalue weighted by Gasteiger charge is 2.28. The lowest BCUT2D eigenvalue weighted by atomic mass is 10.0. The van der Waals surface area contributed by atoms with Crippen molar-refractivity contribution in [3.05, 3.63) is 41.7 Å². The lowest BCUT2D eigenvalue weighted by molar-refractivity contribution is -0.120. The van der Waals surface area contributed by atoms with Gasteiger partial charge in [-0.1, -0.05) is 23.4 Å². The molecule has 1 aliphatic heterocycles. The van der Waals surface area contributed by atoms with Crippen molar-refractivity contribution in [2.24, 2.45) is 0 Å². The molecule has 5 heteroatoms. The number of carbonyl (C=O) groups excluding carboxylic acids is 1. The summed E-state index contributed by atoms with van der Waals surface area (Å²) in [6.45, 7) is 2.72. The number of carbonyl (C=O) groups is 1. The highest BCUT2D eigenvalue weighted by atomic mass is 16.1. The monoisotopic (exact) mass is 242 g/mol. The Hall–Kier alpha value is -2.17. The number of nitrogens with zero attached hydrogens (tertiary/aromatic N) is 4. The van der Waals surface area contributed by atoms with Crippen molar-refractivity contribution < 1.29 is 4.79 Å². The molecule has 2 heterocycles. The fraction of sp³-hybridized carbons (Fsp3) is 0.308. The number of hydrogen-bond acceptors (Lipinski definition) is 3. The summed E-state index contributed by atoms with van der Waals surface area (Å²) in [5.41, 5.74) is 2.98. The molecule has 1 unspecified atom stereocenters. The molecule has 5 nitrogen and oxygen atoms in total. The number of para-hydroxylation sites is 1. The van der Waals surface area contributed by atoms with E-state index in [4.69, 9.17) is 0 Å². The van der Waals surface area contributed by atoms with E-state index in [1.165, 1.54) is 0 Å². The average molecular weight is 242 g/mol. The summed E-state index contributed by atoms with van der Waals surface area (Å²) in [7, 11) is 0. The van der Waals surface area contributed by atoms with Crippen LogP contribution in [-0.4, -0.2) is 32.8 Å². The Labute approximate surface area is 105 Å². The molecule has 0 aliphatic carbocycles. The largest absolute Gasteiger partial charge is 0.336 e. The van der Waals surface area contributed by atoms with E-state index in [0.717, 1.165) is 29.9 Å². The van der Waals surface area contributed by atoms with Crippen LogP contribution in [0.15, 0.2) is 30.3 Å². The molecule has 18 heavy (non-hydrogen) atoms. The van der Waals surface area contributed by atoms with Gasteiger partial charge in [0.2, 0.25) is 6.41 Å². The van der Waals surface area contributed by atoms with E-state index in [1.807, 2.05) is 41.9 Å². The minimum atomic E-state index is 0.0152. The Kier molecular flexibility index (Phi) is 2.59. The topological polar surface area (TPSA) is 51.0 Å². The zero-order chi connectivity index (χ0) is 12.5. The molecule has 1 amide bonds. The first-order valence-corrected chi connectivity index (χ1v) is 6.02.